The van der Waals surface area contributed by atoms with E-state index in [2.05, 4.69) is 4.74 Å². The fraction of sp³-hybridized carbons (Fsp3) is 0.875. The molecule has 2 nitrogen and oxygen atoms in total. The van der Waals surface area contributed by atoms with Crippen LogP contribution in [-0.4, -0.2) is 24.7 Å². The van der Waals surface area contributed by atoms with Crippen LogP contribution in [0.3, 0.4) is 0 Å². The lowest BCUT2D eigenvalue weighted by Gasteiger charge is -2.18. The number of carbonyl (C=O) groups excluding carboxylic acids is 1. The molecule has 0 rings (SSSR count). The SMILES string of the molecule is CCCCC(=O)OCC(F)(F)C(F)(F)F. The number of alkyl halides is 5. The minimum atomic E-state index is -5.68. The molecule has 0 atom stereocenters. The first-order chi connectivity index (χ1) is 6.70. The molecule has 0 unspecified atom stereocenters. The van der Waals surface area contributed by atoms with Crippen molar-refractivity contribution in [2.75, 3.05) is 6.61 Å². The molecule has 0 saturated heterocycles. The second-order valence-electron chi connectivity index (χ2n) is 2.97. The van der Waals surface area contributed by atoms with Crippen LogP contribution in [0.1, 0.15) is 26.2 Å². The smallest absolute Gasteiger partial charge is 0.456 e. The molecule has 0 aliphatic carbocycles. The van der Waals surface area contributed by atoms with Crippen molar-refractivity contribution in [3.63, 3.8) is 0 Å². The van der Waals surface area contributed by atoms with Crippen molar-refractivity contribution in [1.82, 2.24) is 0 Å². The molecule has 0 aromatic heterocycles. The molecule has 0 N–H and O–H groups in total. The first-order valence-electron chi connectivity index (χ1n) is 4.31. The molecule has 0 aromatic rings. The van der Waals surface area contributed by atoms with Gasteiger partial charge in [-0.3, -0.25) is 4.79 Å². The summed E-state index contributed by atoms with van der Waals surface area (Å²) in [7, 11) is 0. The van der Waals surface area contributed by atoms with Crippen LogP contribution in [0.5, 0.6) is 0 Å². The Hall–Kier alpha value is -0.880. The second kappa shape index (κ2) is 5.27. The largest absolute Gasteiger partial charge is 0.459 e. The fourth-order valence-electron chi connectivity index (χ4n) is 0.646. The van der Waals surface area contributed by atoms with Gasteiger partial charge in [-0.15, -0.1) is 0 Å². The van der Waals surface area contributed by atoms with Crippen LogP contribution in [0.2, 0.25) is 0 Å². The van der Waals surface area contributed by atoms with Crippen molar-refractivity contribution in [3.8, 4) is 0 Å². The molecule has 15 heavy (non-hydrogen) atoms. The fourth-order valence-corrected chi connectivity index (χ4v) is 0.646. The molecule has 0 amide bonds. The highest BCUT2D eigenvalue weighted by Crippen LogP contribution is 2.35. The van der Waals surface area contributed by atoms with Gasteiger partial charge in [0.15, 0.2) is 6.61 Å². The van der Waals surface area contributed by atoms with Gasteiger partial charge in [0.05, 0.1) is 0 Å². The average molecular weight is 234 g/mol. The van der Waals surface area contributed by atoms with E-state index in [9.17, 15) is 26.7 Å². The molecule has 0 aromatic carbocycles. The van der Waals surface area contributed by atoms with Crippen molar-refractivity contribution in [3.05, 3.63) is 0 Å². The van der Waals surface area contributed by atoms with Gasteiger partial charge >= 0.3 is 18.1 Å². The van der Waals surface area contributed by atoms with Crippen LogP contribution in [0.25, 0.3) is 0 Å². The van der Waals surface area contributed by atoms with Gasteiger partial charge in [0.25, 0.3) is 0 Å². The van der Waals surface area contributed by atoms with Gasteiger partial charge in [0.1, 0.15) is 0 Å². The summed E-state index contributed by atoms with van der Waals surface area (Å²) in [5.74, 6) is -6.02. The molecule has 0 aliphatic heterocycles. The zero-order valence-corrected chi connectivity index (χ0v) is 8.03. The Morgan fingerprint density at radius 3 is 2.13 bits per heavy atom. The van der Waals surface area contributed by atoms with Gasteiger partial charge in [-0.2, -0.15) is 22.0 Å². The maximum absolute atomic E-state index is 12.2. The van der Waals surface area contributed by atoms with Gasteiger partial charge in [-0.1, -0.05) is 13.3 Å². The third-order valence-electron chi connectivity index (χ3n) is 1.56. The summed E-state index contributed by atoms with van der Waals surface area (Å²) in [6.45, 7) is -0.198. The molecular formula is C8H11F5O2. The van der Waals surface area contributed by atoms with Crippen molar-refractivity contribution >= 4 is 5.97 Å². The summed E-state index contributed by atoms with van der Waals surface area (Å²) in [5.41, 5.74) is 0. The van der Waals surface area contributed by atoms with Gasteiger partial charge in [0, 0.05) is 6.42 Å². The first-order valence-corrected chi connectivity index (χ1v) is 4.31. The highest BCUT2D eigenvalue weighted by Gasteiger charge is 2.58. The third kappa shape index (κ3) is 4.94. The number of ether oxygens (including phenoxy) is 1. The first kappa shape index (κ1) is 14.1. The van der Waals surface area contributed by atoms with Crippen LogP contribution < -0.4 is 0 Å². The Morgan fingerprint density at radius 2 is 1.73 bits per heavy atom. The topological polar surface area (TPSA) is 26.3 Å². The second-order valence-corrected chi connectivity index (χ2v) is 2.97. The van der Waals surface area contributed by atoms with Crippen molar-refractivity contribution in [2.24, 2.45) is 0 Å². The van der Waals surface area contributed by atoms with E-state index in [-0.39, 0.29) is 6.42 Å². The molecule has 0 heterocycles. The number of hydrogen-bond acceptors (Lipinski definition) is 2. The predicted molar refractivity (Wildman–Crippen MR) is 41.5 cm³/mol. The monoisotopic (exact) mass is 234 g/mol. The predicted octanol–water partition coefficient (Wildman–Crippen LogP) is 2.92. The Bertz CT molecular complexity index is 212. The number of halogens is 5. The van der Waals surface area contributed by atoms with Crippen LogP contribution in [0.15, 0.2) is 0 Å². The number of hydrogen-bond donors (Lipinski definition) is 0. The van der Waals surface area contributed by atoms with Crippen LogP contribution >= 0.6 is 0 Å². The Morgan fingerprint density at radius 1 is 1.20 bits per heavy atom. The van der Waals surface area contributed by atoms with E-state index in [0.29, 0.717) is 12.8 Å². The number of rotatable bonds is 5. The molecule has 7 heteroatoms. The van der Waals surface area contributed by atoms with E-state index in [4.69, 9.17) is 0 Å². The van der Waals surface area contributed by atoms with E-state index < -0.39 is 24.7 Å². The summed E-state index contributed by atoms with van der Waals surface area (Å²) in [4.78, 5) is 10.7. The third-order valence-corrected chi connectivity index (χ3v) is 1.56. The summed E-state index contributed by atoms with van der Waals surface area (Å²) in [6.07, 6.45) is -4.80. The number of esters is 1. The quantitative estimate of drug-likeness (QED) is 0.540. The molecule has 0 spiro atoms. The van der Waals surface area contributed by atoms with Crippen molar-refractivity contribution < 1.29 is 31.5 Å². The lowest BCUT2D eigenvalue weighted by molar-refractivity contribution is -0.294. The highest BCUT2D eigenvalue weighted by atomic mass is 19.4. The number of carbonyl (C=O) groups is 1. The molecule has 90 valence electrons. The van der Waals surface area contributed by atoms with Crippen LogP contribution in [-0.2, 0) is 9.53 Å². The maximum Gasteiger partial charge on any atom is 0.456 e. The van der Waals surface area contributed by atoms with Crippen LogP contribution in [0, 0.1) is 0 Å². The van der Waals surface area contributed by atoms with E-state index in [1.165, 1.54) is 0 Å². The van der Waals surface area contributed by atoms with E-state index in [1.807, 2.05) is 0 Å². The van der Waals surface area contributed by atoms with Gasteiger partial charge in [-0.05, 0) is 6.42 Å². The lowest BCUT2D eigenvalue weighted by atomic mass is 10.2. The molecule has 0 fully saturated rings. The Balaban J connectivity index is 3.99. The van der Waals surface area contributed by atoms with E-state index in [0.717, 1.165) is 0 Å². The maximum atomic E-state index is 12.2. The zero-order chi connectivity index (χ0) is 12.1. The average Bonchev–Trinajstić information content (AvgIpc) is 2.09. The van der Waals surface area contributed by atoms with E-state index in [1.54, 1.807) is 6.92 Å². The zero-order valence-electron chi connectivity index (χ0n) is 8.03. The van der Waals surface area contributed by atoms with Crippen molar-refractivity contribution in [2.45, 2.75) is 38.3 Å². The van der Waals surface area contributed by atoms with Gasteiger partial charge < -0.3 is 4.74 Å². The summed E-state index contributed by atoms with van der Waals surface area (Å²) >= 11 is 0. The normalized spacial score (nSPS) is 12.7. The molecule has 0 bridgehead atoms. The Kier molecular flexibility index (Phi) is 4.96. The number of unbranched alkanes of at least 4 members (excludes halogenated alkanes) is 1. The van der Waals surface area contributed by atoms with Crippen LogP contribution in [0.4, 0.5) is 22.0 Å². The minimum Gasteiger partial charge on any atom is -0.459 e. The highest BCUT2D eigenvalue weighted by molar-refractivity contribution is 5.69. The van der Waals surface area contributed by atoms with Crippen molar-refractivity contribution in [1.29, 1.82) is 0 Å². The standard InChI is InChI=1S/C8H11F5O2/c1-2-3-4-6(14)15-5-7(9,10)8(11,12)13/h2-5H2,1H3. The molecular weight excluding hydrogens is 223 g/mol. The van der Waals surface area contributed by atoms with Gasteiger partial charge in [-0.25, -0.2) is 0 Å². The molecule has 0 radical (unpaired) electrons. The summed E-state index contributed by atoms with van der Waals surface area (Å²) in [5, 5.41) is 0. The van der Waals surface area contributed by atoms with Gasteiger partial charge in [0.2, 0.25) is 0 Å². The lowest BCUT2D eigenvalue weighted by Crippen LogP contribution is -2.41. The Labute approximate surface area is 83.4 Å². The summed E-state index contributed by atoms with van der Waals surface area (Å²) in [6, 6.07) is 0. The minimum absolute atomic E-state index is 0.148. The van der Waals surface area contributed by atoms with E-state index >= 15 is 0 Å². The molecule has 0 saturated carbocycles. The molecule has 0 aliphatic rings. The summed E-state index contributed by atoms with van der Waals surface area (Å²) < 4.78 is 63.0.